The number of nitrogens with two attached hydrogens (primary N) is 1. The van der Waals surface area contributed by atoms with Gasteiger partial charge in [0.2, 0.25) is 0 Å². The highest BCUT2D eigenvalue weighted by atomic mass is 32.2. The summed E-state index contributed by atoms with van der Waals surface area (Å²) in [4.78, 5) is 0.0302. The largest absolute Gasteiger partial charge is 0.399 e. The molecule has 0 saturated heterocycles. The fraction of sp³-hybridized carbons (Fsp3) is 0.0769. The van der Waals surface area contributed by atoms with Gasteiger partial charge in [-0.25, -0.2) is 12.8 Å². The molecule has 4 nitrogen and oxygen atoms in total. The minimum Gasteiger partial charge on any atom is -0.399 e. The van der Waals surface area contributed by atoms with Crippen molar-refractivity contribution in [3.63, 3.8) is 0 Å². The molecule has 0 saturated carbocycles. The van der Waals surface area contributed by atoms with E-state index in [1.54, 1.807) is 13.0 Å². The lowest BCUT2D eigenvalue weighted by Gasteiger charge is -2.09. The fourth-order valence-electron chi connectivity index (χ4n) is 1.57. The zero-order chi connectivity index (χ0) is 14.0. The molecular formula is C13H13FN2O2S. The standard InChI is InChI=1S/C13H13FN2O2S/c1-9-2-7-12(14)13(8-9)16-19(17,18)11-5-3-10(15)4-6-11/h2-8,16H,15H2,1H3. The van der Waals surface area contributed by atoms with Crippen LogP contribution in [0.1, 0.15) is 5.56 Å². The summed E-state index contributed by atoms with van der Waals surface area (Å²) in [7, 11) is -3.81. The van der Waals surface area contributed by atoms with E-state index in [1.807, 2.05) is 0 Å². The maximum atomic E-state index is 13.5. The molecule has 2 aromatic carbocycles. The van der Waals surface area contributed by atoms with Crippen molar-refractivity contribution in [3.05, 3.63) is 53.8 Å². The van der Waals surface area contributed by atoms with Gasteiger partial charge in [-0.15, -0.1) is 0 Å². The minimum atomic E-state index is -3.81. The van der Waals surface area contributed by atoms with Crippen LogP contribution in [0, 0.1) is 12.7 Å². The van der Waals surface area contributed by atoms with Crippen molar-refractivity contribution in [2.75, 3.05) is 10.5 Å². The van der Waals surface area contributed by atoms with Crippen molar-refractivity contribution in [3.8, 4) is 0 Å². The first-order chi connectivity index (χ1) is 8.88. The quantitative estimate of drug-likeness (QED) is 0.848. The third kappa shape index (κ3) is 3.03. The number of rotatable bonds is 3. The van der Waals surface area contributed by atoms with Crippen LogP contribution in [0.25, 0.3) is 0 Å². The normalized spacial score (nSPS) is 11.3. The van der Waals surface area contributed by atoms with Crippen LogP contribution < -0.4 is 10.5 Å². The topological polar surface area (TPSA) is 72.2 Å². The van der Waals surface area contributed by atoms with Gasteiger partial charge in [-0.1, -0.05) is 6.07 Å². The van der Waals surface area contributed by atoms with Crippen LogP contribution in [0.3, 0.4) is 0 Å². The van der Waals surface area contributed by atoms with E-state index < -0.39 is 15.8 Å². The second-order valence-electron chi connectivity index (χ2n) is 4.16. The van der Waals surface area contributed by atoms with Gasteiger partial charge in [0.05, 0.1) is 10.6 Å². The molecule has 2 aromatic rings. The molecule has 100 valence electrons. The van der Waals surface area contributed by atoms with E-state index in [9.17, 15) is 12.8 Å². The Balaban J connectivity index is 2.36. The van der Waals surface area contributed by atoms with Crippen LogP contribution in [0.15, 0.2) is 47.4 Å². The van der Waals surface area contributed by atoms with E-state index in [0.717, 1.165) is 5.56 Å². The number of aryl methyl sites for hydroxylation is 1. The van der Waals surface area contributed by atoms with Gasteiger partial charge >= 0.3 is 0 Å². The van der Waals surface area contributed by atoms with Crippen LogP contribution in [-0.2, 0) is 10.0 Å². The number of nitrogens with one attached hydrogen (secondary N) is 1. The third-order valence-corrected chi connectivity index (χ3v) is 3.94. The summed E-state index contributed by atoms with van der Waals surface area (Å²) in [6.07, 6.45) is 0. The number of benzene rings is 2. The number of hydrogen-bond donors (Lipinski definition) is 2. The van der Waals surface area contributed by atoms with Gasteiger partial charge in [0, 0.05) is 5.69 Å². The Morgan fingerprint density at radius 2 is 1.74 bits per heavy atom. The lowest BCUT2D eigenvalue weighted by Crippen LogP contribution is -2.14. The van der Waals surface area contributed by atoms with Crippen LogP contribution in [-0.4, -0.2) is 8.42 Å². The van der Waals surface area contributed by atoms with Gasteiger partial charge in [0.1, 0.15) is 5.82 Å². The number of anilines is 2. The summed E-state index contributed by atoms with van der Waals surface area (Å²) in [5, 5.41) is 0. The van der Waals surface area contributed by atoms with Gasteiger partial charge in [0.15, 0.2) is 0 Å². The van der Waals surface area contributed by atoms with Crippen LogP contribution >= 0.6 is 0 Å². The predicted molar refractivity (Wildman–Crippen MR) is 72.8 cm³/mol. The first-order valence-corrected chi connectivity index (χ1v) is 7.01. The molecule has 2 rings (SSSR count). The van der Waals surface area contributed by atoms with Crippen LogP contribution in [0.5, 0.6) is 0 Å². The summed E-state index contributed by atoms with van der Waals surface area (Å²) in [5.74, 6) is -0.621. The highest BCUT2D eigenvalue weighted by Crippen LogP contribution is 2.20. The second-order valence-corrected chi connectivity index (χ2v) is 5.84. The van der Waals surface area contributed by atoms with Crippen molar-refractivity contribution in [1.29, 1.82) is 0 Å². The van der Waals surface area contributed by atoms with Crippen LogP contribution in [0.4, 0.5) is 15.8 Å². The van der Waals surface area contributed by atoms with E-state index in [-0.39, 0.29) is 10.6 Å². The van der Waals surface area contributed by atoms with E-state index in [0.29, 0.717) is 5.69 Å². The molecule has 0 unspecified atom stereocenters. The number of nitrogen functional groups attached to an aromatic ring is 1. The maximum Gasteiger partial charge on any atom is 0.261 e. The van der Waals surface area contributed by atoms with Crippen molar-refractivity contribution >= 4 is 21.4 Å². The highest BCUT2D eigenvalue weighted by Gasteiger charge is 2.16. The van der Waals surface area contributed by atoms with Crippen molar-refractivity contribution in [1.82, 2.24) is 0 Å². The summed E-state index contributed by atoms with van der Waals surface area (Å²) < 4.78 is 39.9. The molecule has 0 bridgehead atoms. The Labute approximate surface area is 111 Å². The average Bonchev–Trinajstić information content (AvgIpc) is 2.34. The zero-order valence-corrected chi connectivity index (χ0v) is 11.0. The molecule has 0 fully saturated rings. The number of halogens is 1. The minimum absolute atomic E-state index is 0.0302. The average molecular weight is 280 g/mol. The molecule has 3 N–H and O–H groups in total. The molecule has 0 amide bonds. The lowest BCUT2D eigenvalue weighted by atomic mass is 10.2. The van der Waals surface area contributed by atoms with Gasteiger partial charge in [0.25, 0.3) is 10.0 Å². The Morgan fingerprint density at radius 3 is 2.37 bits per heavy atom. The Bertz CT molecular complexity index is 697. The maximum absolute atomic E-state index is 13.5. The molecular weight excluding hydrogens is 267 g/mol. The summed E-state index contributed by atoms with van der Waals surface area (Å²) in [6, 6.07) is 9.90. The molecule has 0 aromatic heterocycles. The zero-order valence-electron chi connectivity index (χ0n) is 10.2. The fourth-order valence-corrected chi connectivity index (χ4v) is 2.63. The van der Waals surface area contributed by atoms with E-state index in [4.69, 9.17) is 5.73 Å². The van der Waals surface area contributed by atoms with E-state index in [1.165, 1.54) is 36.4 Å². The Hall–Kier alpha value is -2.08. The van der Waals surface area contributed by atoms with Gasteiger partial charge in [-0.05, 0) is 48.9 Å². The molecule has 0 aliphatic heterocycles. The monoisotopic (exact) mass is 280 g/mol. The van der Waals surface area contributed by atoms with Gasteiger partial charge < -0.3 is 5.73 Å². The molecule has 0 radical (unpaired) electrons. The molecule has 0 heterocycles. The molecule has 0 spiro atoms. The summed E-state index contributed by atoms with van der Waals surface area (Å²) >= 11 is 0. The second kappa shape index (κ2) is 4.89. The summed E-state index contributed by atoms with van der Waals surface area (Å²) in [6.45, 7) is 1.75. The Morgan fingerprint density at radius 1 is 1.11 bits per heavy atom. The first kappa shape index (κ1) is 13.4. The lowest BCUT2D eigenvalue weighted by molar-refractivity contribution is 0.598. The van der Waals surface area contributed by atoms with Crippen molar-refractivity contribution in [2.24, 2.45) is 0 Å². The molecule has 19 heavy (non-hydrogen) atoms. The van der Waals surface area contributed by atoms with Gasteiger partial charge in [-0.2, -0.15) is 0 Å². The smallest absolute Gasteiger partial charge is 0.261 e. The van der Waals surface area contributed by atoms with Crippen molar-refractivity contribution < 1.29 is 12.8 Å². The number of hydrogen-bond acceptors (Lipinski definition) is 3. The third-order valence-electron chi connectivity index (χ3n) is 2.56. The molecule has 0 aliphatic carbocycles. The van der Waals surface area contributed by atoms with E-state index >= 15 is 0 Å². The summed E-state index contributed by atoms with van der Waals surface area (Å²) in [5.41, 5.74) is 6.64. The van der Waals surface area contributed by atoms with Gasteiger partial charge in [-0.3, -0.25) is 4.72 Å². The van der Waals surface area contributed by atoms with E-state index in [2.05, 4.69) is 4.72 Å². The Kier molecular flexibility index (Phi) is 3.44. The van der Waals surface area contributed by atoms with Crippen molar-refractivity contribution in [2.45, 2.75) is 11.8 Å². The van der Waals surface area contributed by atoms with Crippen LogP contribution in [0.2, 0.25) is 0 Å². The predicted octanol–water partition coefficient (Wildman–Crippen LogP) is 2.52. The number of sulfonamides is 1. The SMILES string of the molecule is Cc1ccc(F)c(NS(=O)(=O)c2ccc(N)cc2)c1. The first-order valence-electron chi connectivity index (χ1n) is 5.53. The molecule has 0 aliphatic rings. The molecule has 6 heteroatoms. The highest BCUT2D eigenvalue weighted by molar-refractivity contribution is 7.92. The molecule has 0 atom stereocenters.